The molecule has 0 N–H and O–H groups in total. The molecule has 3 heterocycles. The van der Waals surface area contributed by atoms with E-state index in [9.17, 15) is 0 Å². The van der Waals surface area contributed by atoms with E-state index in [2.05, 4.69) is 116 Å². The summed E-state index contributed by atoms with van der Waals surface area (Å²) in [6, 6.07) is 34.6. The van der Waals surface area contributed by atoms with Crippen molar-refractivity contribution in [2.75, 3.05) is 4.90 Å². The summed E-state index contributed by atoms with van der Waals surface area (Å²) in [5, 5.41) is 0. The average molecular weight is 495 g/mol. The first kappa shape index (κ1) is 21.0. The van der Waals surface area contributed by atoms with Crippen molar-refractivity contribution in [2.45, 2.75) is 23.6 Å². The smallest absolute Gasteiger partial charge is 0.260 e. The number of nitrogens with zero attached hydrogens (tertiary/aromatic N) is 1. The van der Waals surface area contributed by atoms with Crippen LogP contribution in [0.1, 0.15) is 11.1 Å². The Hall–Kier alpha value is -4.09. The summed E-state index contributed by atoms with van der Waals surface area (Å²) in [5.74, 6) is 3.55. The summed E-state index contributed by atoms with van der Waals surface area (Å²) in [5.41, 5.74) is 9.19. The first-order valence-corrected chi connectivity index (χ1v) is 13.4. The van der Waals surface area contributed by atoms with Gasteiger partial charge >= 0.3 is 0 Å². The summed E-state index contributed by atoms with van der Waals surface area (Å²) in [6.07, 6.45) is 0. The zero-order valence-corrected chi connectivity index (χ0v) is 21.3. The number of fused-ring (bicyclic) bond motifs is 6. The van der Waals surface area contributed by atoms with E-state index in [0.29, 0.717) is 0 Å². The van der Waals surface area contributed by atoms with Crippen LogP contribution in [0.3, 0.4) is 0 Å². The highest BCUT2D eigenvalue weighted by molar-refractivity contribution is 7.99. The lowest BCUT2D eigenvalue weighted by atomic mass is 9.35. The number of hydrogen-bond acceptors (Lipinski definition) is 4. The first-order chi connectivity index (χ1) is 18.1. The Morgan fingerprint density at radius 1 is 0.595 bits per heavy atom. The maximum absolute atomic E-state index is 6.64. The fourth-order valence-electron chi connectivity index (χ4n) is 5.80. The Kier molecular flexibility index (Phi) is 4.38. The Bertz CT molecular complexity index is 1640. The number of anilines is 3. The number of benzene rings is 5. The molecule has 0 bridgehead atoms. The van der Waals surface area contributed by atoms with E-state index in [4.69, 9.17) is 9.47 Å². The van der Waals surface area contributed by atoms with Crippen LogP contribution in [0, 0.1) is 13.8 Å². The molecule has 5 aromatic carbocycles. The molecule has 0 spiro atoms. The Labute approximate surface area is 220 Å². The second kappa shape index (κ2) is 7.71. The van der Waals surface area contributed by atoms with Crippen molar-refractivity contribution in [3.8, 4) is 23.0 Å². The van der Waals surface area contributed by atoms with Gasteiger partial charge in [0.15, 0.2) is 0 Å². The normalized spacial score (nSPS) is 13.9. The quantitative estimate of drug-likeness (QED) is 0.230. The maximum Gasteiger partial charge on any atom is 0.260 e. The Morgan fingerprint density at radius 3 is 1.65 bits per heavy atom. The molecule has 3 aliphatic heterocycles. The summed E-state index contributed by atoms with van der Waals surface area (Å²) in [7, 11) is 0. The van der Waals surface area contributed by atoms with E-state index >= 15 is 0 Å². The van der Waals surface area contributed by atoms with Crippen molar-refractivity contribution in [1.29, 1.82) is 0 Å². The molecule has 0 radical (unpaired) electrons. The molecule has 8 rings (SSSR count). The molecule has 0 saturated carbocycles. The number of rotatable bonds is 1. The zero-order chi connectivity index (χ0) is 24.7. The van der Waals surface area contributed by atoms with E-state index in [-0.39, 0.29) is 6.71 Å². The van der Waals surface area contributed by atoms with Gasteiger partial charge in [-0.2, -0.15) is 0 Å². The van der Waals surface area contributed by atoms with Crippen molar-refractivity contribution in [3.05, 3.63) is 108 Å². The van der Waals surface area contributed by atoms with Crippen LogP contribution < -0.4 is 30.8 Å². The van der Waals surface area contributed by atoms with Gasteiger partial charge in [-0.3, -0.25) is 0 Å². The molecule has 37 heavy (non-hydrogen) atoms. The SMILES string of the molecule is Cc1ccc2c(c1)Oc1cc(N3c4ccccc4Sc4ccccc43)cc3c1B2c1ccc(C)cc1O3. The molecule has 3 nitrogen and oxygen atoms in total. The van der Waals surface area contributed by atoms with E-state index < -0.39 is 0 Å². The molecule has 0 atom stereocenters. The van der Waals surface area contributed by atoms with Gasteiger partial charge in [0, 0.05) is 27.4 Å². The first-order valence-electron chi connectivity index (χ1n) is 12.5. The molecular weight excluding hydrogens is 473 g/mol. The third kappa shape index (κ3) is 3.10. The standard InChI is InChI=1S/C32H22BNO2S/c1-19-11-13-22-26(15-19)35-28-17-21(18-29-32(28)33(22)23-14-12-20(2)16-27(23)36-29)34-24-7-3-5-9-30(24)37-31-10-6-4-8-25(31)34/h3-18H,1-2H3. The van der Waals surface area contributed by atoms with Gasteiger partial charge in [-0.05, 0) is 72.3 Å². The lowest BCUT2D eigenvalue weighted by Crippen LogP contribution is -2.57. The van der Waals surface area contributed by atoms with Gasteiger partial charge in [-0.15, -0.1) is 0 Å². The van der Waals surface area contributed by atoms with Crippen molar-refractivity contribution in [3.63, 3.8) is 0 Å². The fourth-order valence-corrected chi connectivity index (χ4v) is 6.86. The van der Waals surface area contributed by atoms with Gasteiger partial charge in [-0.25, -0.2) is 0 Å². The van der Waals surface area contributed by atoms with Gasteiger partial charge in [0.05, 0.1) is 17.1 Å². The Balaban J connectivity index is 1.39. The molecule has 176 valence electrons. The van der Waals surface area contributed by atoms with Crippen molar-refractivity contribution in [1.82, 2.24) is 0 Å². The molecule has 0 fully saturated rings. The van der Waals surface area contributed by atoms with Crippen molar-refractivity contribution in [2.24, 2.45) is 0 Å². The zero-order valence-electron chi connectivity index (χ0n) is 20.5. The highest BCUT2D eigenvalue weighted by Gasteiger charge is 2.41. The van der Waals surface area contributed by atoms with Crippen LogP contribution in [0.25, 0.3) is 0 Å². The summed E-state index contributed by atoms with van der Waals surface area (Å²) in [4.78, 5) is 4.79. The molecule has 0 saturated heterocycles. The Morgan fingerprint density at radius 2 is 1.11 bits per heavy atom. The molecule has 0 aliphatic carbocycles. The highest BCUT2D eigenvalue weighted by atomic mass is 32.2. The van der Waals surface area contributed by atoms with Gasteiger partial charge < -0.3 is 14.4 Å². The molecule has 0 aromatic heterocycles. The van der Waals surface area contributed by atoms with Gasteiger partial charge in [0.2, 0.25) is 0 Å². The second-order valence-corrected chi connectivity index (χ2v) is 11.0. The average Bonchev–Trinajstić information content (AvgIpc) is 2.90. The van der Waals surface area contributed by atoms with Crippen LogP contribution in [-0.2, 0) is 0 Å². The van der Waals surface area contributed by atoms with Gasteiger partial charge in [0.25, 0.3) is 6.71 Å². The van der Waals surface area contributed by atoms with Crippen LogP contribution in [0.15, 0.2) is 107 Å². The number of ether oxygens (including phenoxy) is 2. The van der Waals surface area contributed by atoms with Crippen LogP contribution >= 0.6 is 11.8 Å². The highest BCUT2D eigenvalue weighted by Crippen LogP contribution is 2.52. The summed E-state index contributed by atoms with van der Waals surface area (Å²) < 4.78 is 13.3. The van der Waals surface area contributed by atoms with E-state index in [1.54, 1.807) is 0 Å². The van der Waals surface area contributed by atoms with Gasteiger partial charge in [-0.1, -0.05) is 60.3 Å². The van der Waals surface area contributed by atoms with E-state index in [1.807, 2.05) is 11.8 Å². The topological polar surface area (TPSA) is 21.7 Å². The minimum absolute atomic E-state index is 0.0734. The minimum atomic E-state index is 0.0734. The third-order valence-electron chi connectivity index (χ3n) is 7.47. The monoisotopic (exact) mass is 495 g/mol. The molecule has 0 amide bonds. The molecular formula is C32H22BNO2S. The number of hydrogen-bond donors (Lipinski definition) is 0. The molecule has 5 aromatic rings. The van der Waals surface area contributed by atoms with Crippen LogP contribution in [0.4, 0.5) is 17.1 Å². The number of aryl methyl sites for hydroxylation is 2. The van der Waals surface area contributed by atoms with Crippen LogP contribution in [0.5, 0.6) is 23.0 Å². The van der Waals surface area contributed by atoms with E-state index in [0.717, 1.165) is 45.5 Å². The number of para-hydroxylation sites is 2. The largest absolute Gasteiger partial charge is 0.458 e. The molecule has 3 aliphatic rings. The van der Waals surface area contributed by atoms with Crippen molar-refractivity contribution >= 4 is 51.9 Å². The lowest BCUT2D eigenvalue weighted by Gasteiger charge is -2.36. The maximum atomic E-state index is 6.64. The summed E-state index contributed by atoms with van der Waals surface area (Å²) >= 11 is 1.81. The predicted molar refractivity (Wildman–Crippen MR) is 152 cm³/mol. The molecule has 0 unspecified atom stereocenters. The van der Waals surface area contributed by atoms with E-state index in [1.165, 1.54) is 31.8 Å². The summed E-state index contributed by atoms with van der Waals surface area (Å²) in [6.45, 7) is 4.30. The lowest BCUT2D eigenvalue weighted by molar-refractivity contribution is 0.464. The third-order valence-corrected chi connectivity index (χ3v) is 8.60. The second-order valence-electron chi connectivity index (χ2n) is 9.95. The van der Waals surface area contributed by atoms with Crippen LogP contribution in [0.2, 0.25) is 0 Å². The molecule has 5 heteroatoms. The fraction of sp³-hybridized carbons (Fsp3) is 0.0625. The predicted octanol–water partition coefficient (Wildman–Crippen LogP) is 6.97. The van der Waals surface area contributed by atoms with Crippen molar-refractivity contribution < 1.29 is 9.47 Å². The van der Waals surface area contributed by atoms with Gasteiger partial charge in [0.1, 0.15) is 23.0 Å². The van der Waals surface area contributed by atoms with Crippen LogP contribution in [-0.4, -0.2) is 6.71 Å². The minimum Gasteiger partial charge on any atom is -0.458 e.